The number of hydrogen-bond donors (Lipinski definition) is 7. The van der Waals surface area contributed by atoms with E-state index >= 15 is 0 Å². The fraction of sp³-hybridized carbons (Fsp3) is 0.462. The molecule has 0 saturated carbocycles. The zero-order valence-electron chi connectivity index (χ0n) is 30.6. The summed E-state index contributed by atoms with van der Waals surface area (Å²) in [6, 6.07) is 0. The standard InChI is InChI=1S/C39H50O12/c1-9-12-27(42)30-35(47)21(25(16-40)19(5)38(30)50-7)14-24-34(46)22(26(17-41)29(36(24)48)32(44)18(4)11-3)15-23-33(45)20(6)39(51-8)31(37(23)49)28(43)13-10-2/h18,40-41,45-49H,9-17H2,1-8H3. The van der Waals surface area contributed by atoms with E-state index in [0.717, 1.165) is 0 Å². The molecule has 278 valence electrons. The Bertz CT molecular complexity index is 1840. The first-order valence-corrected chi connectivity index (χ1v) is 17.1. The summed E-state index contributed by atoms with van der Waals surface area (Å²) in [5, 5.41) is 79.1. The van der Waals surface area contributed by atoms with Gasteiger partial charge in [0.15, 0.2) is 17.3 Å². The van der Waals surface area contributed by atoms with Crippen molar-refractivity contribution in [2.24, 2.45) is 5.92 Å². The minimum atomic E-state index is -0.850. The first-order chi connectivity index (χ1) is 24.1. The SMILES string of the molecule is CCCC(=O)c1c(O)c(Cc2c(O)c(Cc3c(O)c(C(=O)CCC)c(OC)c(C)c3CO)c(O)c(C(=O)C(C)CC)c2CO)c(O)c(C)c1OC. The number of ketones is 3. The normalized spacial score (nSPS) is 11.8. The van der Waals surface area contributed by atoms with Crippen molar-refractivity contribution in [1.29, 1.82) is 0 Å². The number of aromatic hydroxyl groups is 5. The average molecular weight is 711 g/mol. The van der Waals surface area contributed by atoms with Crippen LogP contribution in [0.3, 0.4) is 0 Å². The molecule has 7 N–H and O–H groups in total. The van der Waals surface area contributed by atoms with Crippen molar-refractivity contribution in [1.82, 2.24) is 0 Å². The lowest BCUT2D eigenvalue weighted by Crippen LogP contribution is -2.17. The van der Waals surface area contributed by atoms with Crippen LogP contribution in [0, 0.1) is 19.8 Å². The molecule has 0 bridgehead atoms. The zero-order chi connectivity index (χ0) is 38.5. The number of benzene rings is 3. The molecule has 0 saturated heterocycles. The molecule has 0 aliphatic carbocycles. The lowest BCUT2D eigenvalue weighted by Gasteiger charge is -2.25. The second kappa shape index (κ2) is 16.9. The molecule has 0 radical (unpaired) electrons. The van der Waals surface area contributed by atoms with Crippen LogP contribution in [0.4, 0.5) is 0 Å². The summed E-state index contributed by atoms with van der Waals surface area (Å²) in [6.45, 7) is 8.54. The van der Waals surface area contributed by atoms with Gasteiger partial charge in [0, 0.05) is 59.4 Å². The highest BCUT2D eigenvalue weighted by atomic mass is 16.5. The number of aliphatic hydroxyl groups excluding tert-OH is 2. The maximum Gasteiger partial charge on any atom is 0.170 e. The van der Waals surface area contributed by atoms with Crippen molar-refractivity contribution in [3.05, 3.63) is 61.2 Å². The first-order valence-electron chi connectivity index (χ1n) is 17.1. The van der Waals surface area contributed by atoms with E-state index in [4.69, 9.17) is 9.47 Å². The highest BCUT2D eigenvalue weighted by Gasteiger charge is 2.34. The van der Waals surface area contributed by atoms with Crippen molar-refractivity contribution in [2.45, 2.75) is 99.7 Å². The van der Waals surface area contributed by atoms with Crippen LogP contribution in [-0.4, -0.2) is 67.3 Å². The van der Waals surface area contributed by atoms with E-state index in [9.17, 15) is 50.1 Å². The molecular formula is C39H50O12. The van der Waals surface area contributed by atoms with Gasteiger partial charge in [-0.3, -0.25) is 14.4 Å². The number of methoxy groups -OCH3 is 2. The van der Waals surface area contributed by atoms with Crippen LogP contribution in [0.5, 0.6) is 40.2 Å². The van der Waals surface area contributed by atoms with E-state index in [0.29, 0.717) is 24.8 Å². The summed E-state index contributed by atoms with van der Waals surface area (Å²) < 4.78 is 10.9. The fourth-order valence-corrected chi connectivity index (χ4v) is 6.61. The Labute approximate surface area is 297 Å². The van der Waals surface area contributed by atoms with Crippen LogP contribution in [0.1, 0.15) is 135 Å². The average Bonchev–Trinajstić information content (AvgIpc) is 3.10. The molecule has 3 rings (SSSR count). The Balaban J connectivity index is 2.52. The molecule has 12 nitrogen and oxygen atoms in total. The highest BCUT2D eigenvalue weighted by Crippen LogP contribution is 2.49. The predicted octanol–water partition coefficient (Wildman–Crippen LogP) is 6.21. The third kappa shape index (κ3) is 7.34. The molecule has 0 aliphatic rings. The van der Waals surface area contributed by atoms with Gasteiger partial charge in [0.2, 0.25) is 0 Å². The molecule has 0 fully saturated rings. The number of ether oxygens (including phenoxy) is 2. The summed E-state index contributed by atoms with van der Waals surface area (Å²) in [5.41, 5.74) is -0.877. The van der Waals surface area contributed by atoms with Gasteiger partial charge in [-0.15, -0.1) is 0 Å². The second-order valence-corrected chi connectivity index (χ2v) is 12.7. The molecule has 12 heteroatoms. The van der Waals surface area contributed by atoms with Crippen molar-refractivity contribution in [3.63, 3.8) is 0 Å². The Hall–Kier alpha value is -4.81. The number of carbonyl (C=O) groups excluding carboxylic acids is 3. The lowest BCUT2D eigenvalue weighted by atomic mass is 9.82. The molecule has 1 unspecified atom stereocenters. The number of Topliss-reactive ketones (excluding diaryl/α,β-unsaturated/α-hetero) is 3. The molecule has 3 aromatic rings. The van der Waals surface area contributed by atoms with E-state index < -0.39 is 78.1 Å². The van der Waals surface area contributed by atoms with Gasteiger partial charge in [0.05, 0.1) is 33.0 Å². The Morgan fingerprint density at radius 2 is 0.980 bits per heavy atom. The molecular weight excluding hydrogens is 660 g/mol. The summed E-state index contributed by atoms with van der Waals surface area (Å²) in [6.07, 6.45) is 0.362. The minimum absolute atomic E-state index is 0.0241. The van der Waals surface area contributed by atoms with Crippen molar-refractivity contribution in [3.8, 4) is 40.2 Å². The third-order valence-electron chi connectivity index (χ3n) is 9.65. The summed E-state index contributed by atoms with van der Waals surface area (Å²) >= 11 is 0. The van der Waals surface area contributed by atoms with Gasteiger partial charge < -0.3 is 45.2 Å². The van der Waals surface area contributed by atoms with Crippen LogP contribution in [0.25, 0.3) is 0 Å². The first kappa shape index (κ1) is 40.6. The fourth-order valence-electron chi connectivity index (χ4n) is 6.61. The van der Waals surface area contributed by atoms with Crippen LogP contribution < -0.4 is 9.47 Å². The van der Waals surface area contributed by atoms with Crippen LogP contribution in [0.2, 0.25) is 0 Å². The van der Waals surface area contributed by atoms with E-state index in [2.05, 4.69) is 0 Å². The van der Waals surface area contributed by atoms with E-state index in [1.54, 1.807) is 34.6 Å². The van der Waals surface area contributed by atoms with Crippen molar-refractivity contribution >= 4 is 17.3 Å². The van der Waals surface area contributed by atoms with Crippen molar-refractivity contribution < 1.29 is 59.6 Å². The largest absolute Gasteiger partial charge is 0.507 e. The number of aliphatic hydroxyl groups is 2. The third-order valence-corrected chi connectivity index (χ3v) is 9.65. The van der Waals surface area contributed by atoms with Gasteiger partial charge in [-0.05, 0) is 49.8 Å². The minimum Gasteiger partial charge on any atom is -0.507 e. The highest BCUT2D eigenvalue weighted by molar-refractivity contribution is 6.04. The Kier molecular flexibility index (Phi) is 13.5. The molecule has 0 spiro atoms. The van der Waals surface area contributed by atoms with Crippen LogP contribution >= 0.6 is 0 Å². The van der Waals surface area contributed by atoms with Gasteiger partial charge in [-0.2, -0.15) is 0 Å². The lowest BCUT2D eigenvalue weighted by molar-refractivity contribution is 0.0918. The summed E-state index contributed by atoms with van der Waals surface area (Å²) in [7, 11) is 2.61. The monoisotopic (exact) mass is 710 g/mol. The predicted molar refractivity (Wildman–Crippen MR) is 190 cm³/mol. The number of phenols is 5. The van der Waals surface area contributed by atoms with Crippen molar-refractivity contribution in [2.75, 3.05) is 14.2 Å². The molecule has 0 aromatic heterocycles. The number of phenolic OH excluding ortho intramolecular Hbond substituents is 5. The van der Waals surface area contributed by atoms with Crippen LogP contribution in [-0.2, 0) is 26.1 Å². The maximum absolute atomic E-state index is 13.9. The number of rotatable bonds is 17. The van der Waals surface area contributed by atoms with Gasteiger partial charge in [0.1, 0.15) is 51.4 Å². The molecule has 51 heavy (non-hydrogen) atoms. The van der Waals surface area contributed by atoms with E-state index in [-0.39, 0.29) is 80.0 Å². The van der Waals surface area contributed by atoms with Gasteiger partial charge >= 0.3 is 0 Å². The van der Waals surface area contributed by atoms with Crippen LogP contribution in [0.15, 0.2) is 0 Å². The zero-order valence-corrected chi connectivity index (χ0v) is 30.6. The second-order valence-electron chi connectivity index (χ2n) is 12.7. The van der Waals surface area contributed by atoms with E-state index in [1.165, 1.54) is 21.1 Å². The summed E-state index contributed by atoms with van der Waals surface area (Å²) in [5.74, 6) is -5.06. The van der Waals surface area contributed by atoms with Gasteiger partial charge in [-0.25, -0.2) is 0 Å². The van der Waals surface area contributed by atoms with E-state index in [1.807, 2.05) is 0 Å². The molecule has 0 amide bonds. The van der Waals surface area contributed by atoms with Gasteiger partial charge in [0.25, 0.3) is 0 Å². The molecule has 0 aliphatic heterocycles. The maximum atomic E-state index is 13.9. The quantitative estimate of drug-likeness (QED) is 0.0780. The number of carbonyl (C=O) groups is 3. The number of hydrogen-bond acceptors (Lipinski definition) is 12. The molecule has 3 aromatic carbocycles. The smallest absolute Gasteiger partial charge is 0.170 e. The van der Waals surface area contributed by atoms with Gasteiger partial charge in [-0.1, -0.05) is 27.7 Å². The summed E-state index contributed by atoms with van der Waals surface area (Å²) in [4.78, 5) is 40.3. The molecule has 0 heterocycles. The topological polar surface area (TPSA) is 211 Å². The molecule has 1 atom stereocenters. The Morgan fingerprint density at radius 3 is 1.41 bits per heavy atom. The Morgan fingerprint density at radius 1 is 0.569 bits per heavy atom.